The smallest absolute Gasteiger partial charge is 0.410 e. The lowest BCUT2D eigenvalue weighted by molar-refractivity contribution is -0.138. The van der Waals surface area contributed by atoms with Gasteiger partial charge in [-0.05, 0) is 46.5 Å². The number of rotatable bonds is 2. The maximum absolute atomic E-state index is 13.0. The van der Waals surface area contributed by atoms with Crippen LogP contribution in [0, 0.1) is 0 Å². The Labute approximate surface area is 151 Å². The van der Waals surface area contributed by atoms with Gasteiger partial charge in [0.2, 0.25) is 5.91 Å². The maximum Gasteiger partial charge on any atom is 0.410 e. The molecule has 1 aliphatic carbocycles. The number of ether oxygens (including phenoxy) is 1. The van der Waals surface area contributed by atoms with Crippen molar-refractivity contribution < 1.29 is 14.3 Å². The van der Waals surface area contributed by atoms with E-state index in [0.29, 0.717) is 6.54 Å². The summed E-state index contributed by atoms with van der Waals surface area (Å²) in [5.74, 6) is 0.106. The molecule has 142 valence electrons. The summed E-state index contributed by atoms with van der Waals surface area (Å²) < 4.78 is 5.48. The molecule has 25 heavy (non-hydrogen) atoms. The van der Waals surface area contributed by atoms with E-state index in [-0.39, 0.29) is 18.0 Å². The SMILES string of the molecule is CC(C)(C)OC(=O)N1CCCC1C(=O)N1CCN(C2CCCC2)CC1. The molecule has 0 radical (unpaired) electrons. The normalized spacial score (nSPS) is 26.3. The van der Waals surface area contributed by atoms with Crippen LogP contribution >= 0.6 is 0 Å². The molecule has 3 aliphatic rings. The minimum Gasteiger partial charge on any atom is -0.444 e. The fourth-order valence-corrected chi connectivity index (χ4v) is 4.35. The van der Waals surface area contributed by atoms with Gasteiger partial charge in [-0.1, -0.05) is 12.8 Å². The summed E-state index contributed by atoms with van der Waals surface area (Å²) in [6.45, 7) is 9.71. The molecule has 6 heteroatoms. The summed E-state index contributed by atoms with van der Waals surface area (Å²) in [7, 11) is 0. The predicted octanol–water partition coefficient (Wildman–Crippen LogP) is 2.47. The Kier molecular flexibility index (Phi) is 5.56. The molecule has 3 fully saturated rings. The first kappa shape index (κ1) is 18.5. The van der Waals surface area contributed by atoms with Gasteiger partial charge in [0.05, 0.1) is 0 Å². The summed E-state index contributed by atoms with van der Waals surface area (Å²) in [5.41, 5.74) is -0.528. The van der Waals surface area contributed by atoms with Crippen molar-refractivity contribution in [2.24, 2.45) is 0 Å². The van der Waals surface area contributed by atoms with E-state index in [1.807, 2.05) is 25.7 Å². The molecule has 3 rings (SSSR count). The molecule has 0 bridgehead atoms. The Morgan fingerprint density at radius 1 is 0.880 bits per heavy atom. The lowest BCUT2D eigenvalue weighted by Gasteiger charge is -2.39. The fraction of sp³-hybridized carbons (Fsp3) is 0.895. The van der Waals surface area contributed by atoms with Crippen LogP contribution in [0.25, 0.3) is 0 Å². The van der Waals surface area contributed by atoms with E-state index in [1.165, 1.54) is 25.7 Å². The summed E-state index contributed by atoms with van der Waals surface area (Å²) in [6, 6.07) is 0.384. The second kappa shape index (κ2) is 7.52. The van der Waals surface area contributed by atoms with Crippen LogP contribution in [0.15, 0.2) is 0 Å². The lowest BCUT2D eigenvalue weighted by Crippen LogP contribution is -2.56. The zero-order valence-electron chi connectivity index (χ0n) is 16.0. The van der Waals surface area contributed by atoms with Crippen molar-refractivity contribution in [1.29, 1.82) is 0 Å². The zero-order valence-corrected chi connectivity index (χ0v) is 16.0. The van der Waals surface area contributed by atoms with Gasteiger partial charge in [0.25, 0.3) is 0 Å². The first-order valence-electron chi connectivity index (χ1n) is 9.87. The third-order valence-electron chi connectivity index (χ3n) is 5.63. The van der Waals surface area contributed by atoms with Gasteiger partial charge in [0.15, 0.2) is 0 Å². The second-order valence-corrected chi connectivity index (χ2v) is 8.63. The van der Waals surface area contributed by atoms with Gasteiger partial charge >= 0.3 is 6.09 Å². The molecule has 0 aromatic heterocycles. The number of nitrogens with zero attached hydrogens (tertiary/aromatic N) is 3. The standard InChI is InChI=1S/C19H33N3O3/c1-19(2,3)25-18(24)22-10-6-9-16(22)17(23)21-13-11-20(12-14-21)15-7-4-5-8-15/h15-16H,4-14H2,1-3H3. The quantitative estimate of drug-likeness (QED) is 0.767. The number of amides is 2. The summed E-state index contributed by atoms with van der Waals surface area (Å²) in [4.78, 5) is 31.5. The van der Waals surface area contributed by atoms with Gasteiger partial charge in [-0.2, -0.15) is 0 Å². The molecule has 2 saturated heterocycles. The Bertz CT molecular complexity index is 489. The second-order valence-electron chi connectivity index (χ2n) is 8.63. The molecular weight excluding hydrogens is 318 g/mol. The number of likely N-dealkylation sites (tertiary alicyclic amines) is 1. The van der Waals surface area contributed by atoms with E-state index < -0.39 is 5.60 Å². The van der Waals surface area contributed by atoms with Crippen molar-refractivity contribution in [1.82, 2.24) is 14.7 Å². The topological polar surface area (TPSA) is 53.1 Å². The molecule has 0 N–H and O–H groups in total. The highest BCUT2D eigenvalue weighted by Crippen LogP contribution is 2.26. The van der Waals surface area contributed by atoms with Gasteiger partial charge in [-0.3, -0.25) is 14.6 Å². The van der Waals surface area contributed by atoms with Gasteiger partial charge in [-0.15, -0.1) is 0 Å². The number of piperazine rings is 1. The average molecular weight is 351 g/mol. The molecule has 0 aromatic rings. The number of hydrogen-bond acceptors (Lipinski definition) is 4. The van der Waals surface area contributed by atoms with Gasteiger partial charge in [-0.25, -0.2) is 4.79 Å². The number of carbonyl (C=O) groups is 2. The summed E-state index contributed by atoms with van der Waals surface area (Å²) in [6.07, 6.45) is 6.57. The van der Waals surface area contributed by atoms with Crippen molar-refractivity contribution in [2.75, 3.05) is 32.7 Å². The van der Waals surface area contributed by atoms with E-state index in [4.69, 9.17) is 4.74 Å². The minimum atomic E-state index is -0.528. The van der Waals surface area contributed by atoms with E-state index >= 15 is 0 Å². The van der Waals surface area contributed by atoms with Crippen molar-refractivity contribution in [3.05, 3.63) is 0 Å². The molecule has 2 aliphatic heterocycles. The number of carbonyl (C=O) groups excluding carboxylic acids is 2. The van der Waals surface area contributed by atoms with Crippen molar-refractivity contribution in [2.45, 2.75) is 77.0 Å². The fourth-order valence-electron chi connectivity index (χ4n) is 4.35. The highest BCUT2D eigenvalue weighted by molar-refractivity contribution is 5.86. The van der Waals surface area contributed by atoms with Gasteiger partial charge < -0.3 is 9.64 Å². The molecule has 6 nitrogen and oxygen atoms in total. The van der Waals surface area contributed by atoms with Crippen LogP contribution in [0.2, 0.25) is 0 Å². The highest BCUT2D eigenvalue weighted by atomic mass is 16.6. The Balaban J connectivity index is 1.54. The molecular formula is C19H33N3O3. The van der Waals surface area contributed by atoms with E-state index in [1.54, 1.807) is 4.90 Å². The highest BCUT2D eigenvalue weighted by Gasteiger charge is 2.39. The number of hydrogen-bond donors (Lipinski definition) is 0. The van der Waals surface area contributed by atoms with Gasteiger partial charge in [0.1, 0.15) is 11.6 Å². The molecule has 1 saturated carbocycles. The first-order chi connectivity index (χ1) is 11.8. The Morgan fingerprint density at radius 3 is 2.12 bits per heavy atom. The van der Waals surface area contributed by atoms with E-state index in [2.05, 4.69) is 4.90 Å². The Morgan fingerprint density at radius 2 is 1.52 bits per heavy atom. The largest absolute Gasteiger partial charge is 0.444 e. The first-order valence-corrected chi connectivity index (χ1v) is 9.87. The third kappa shape index (κ3) is 4.46. The van der Waals surface area contributed by atoms with Crippen LogP contribution in [0.4, 0.5) is 4.79 Å². The summed E-state index contributed by atoms with van der Waals surface area (Å²) in [5, 5.41) is 0. The molecule has 2 heterocycles. The molecule has 0 spiro atoms. The molecule has 2 amide bonds. The predicted molar refractivity (Wildman–Crippen MR) is 96.4 cm³/mol. The van der Waals surface area contributed by atoms with Crippen LogP contribution in [0.5, 0.6) is 0 Å². The average Bonchev–Trinajstić information content (AvgIpc) is 3.24. The molecule has 1 unspecified atom stereocenters. The monoisotopic (exact) mass is 351 g/mol. The van der Waals surface area contributed by atoms with Crippen LogP contribution in [0.1, 0.15) is 59.3 Å². The van der Waals surface area contributed by atoms with Crippen molar-refractivity contribution in [3.8, 4) is 0 Å². The van der Waals surface area contributed by atoms with Crippen molar-refractivity contribution >= 4 is 12.0 Å². The van der Waals surface area contributed by atoms with Crippen molar-refractivity contribution in [3.63, 3.8) is 0 Å². The zero-order chi connectivity index (χ0) is 18.0. The summed E-state index contributed by atoms with van der Waals surface area (Å²) >= 11 is 0. The Hall–Kier alpha value is -1.30. The van der Waals surface area contributed by atoms with Crippen LogP contribution in [-0.4, -0.2) is 77.1 Å². The van der Waals surface area contributed by atoms with E-state index in [9.17, 15) is 9.59 Å². The van der Waals surface area contributed by atoms with Crippen LogP contribution in [0.3, 0.4) is 0 Å². The molecule has 1 atom stereocenters. The van der Waals surface area contributed by atoms with Crippen LogP contribution in [-0.2, 0) is 9.53 Å². The lowest BCUT2D eigenvalue weighted by atomic mass is 10.1. The van der Waals surface area contributed by atoms with Gasteiger partial charge in [0, 0.05) is 38.8 Å². The third-order valence-corrected chi connectivity index (χ3v) is 5.63. The van der Waals surface area contributed by atoms with E-state index in [0.717, 1.165) is 45.1 Å². The minimum absolute atomic E-state index is 0.106. The van der Waals surface area contributed by atoms with Crippen LogP contribution < -0.4 is 0 Å². The molecule has 0 aromatic carbocycles. The maximum atomic E-state index is 13.0.